The fraction of sp³-hybridized carbons (Fsp3) is 0. The molecule has 0 heterocycles. The fourth-order valence-electron chi connectivity index (χ4n) is 0.551. The summed E-state index contributed by atoms with van der Waals surface area (Å²) in [4.78, 5) is 0.365. The van der Waals surface area contributed by atoms with Crippen LogP contribution in [0.15, 0.2) is 29.2 Å². The van der Waals surface area contributed by atoms with Gasteiger partial charge in [-0.1, -0.05) is 11.6 Å². The molecular weight excluding hydrogens is 211 g/mol. The topological polar surface area (TPSA) is 37.3 Å². The molecule has 0 radical (unpaired) electrons. The van der Waals surface area contributed by atoms with Crippen molar-refractivity contribution in [1.82, 2.24) is 0 Å². The van der Waals surface area contributed by atoms with Crippen molar-refractivity contribution in [3.63, 3.8) is 0 Å². The summed E-state index contributed by atoms with van der Waals surface area (Å²) in [5.41, 5.74) is 0. The zero-order valence-electron chi connectivity index (χ0n) is 5.95. The maximum absolute atomic E-state index is 10.4. The number of rotatable bonds is 1. The predicted octanol–water partition coefficient (Wildman–Crippen LogP) is -1.08. The third-order valence-electron chi connectivity index (χ3n) is 1.02. The minimum Gasteiger partial charge on any atom is -0.302 e. The van der Waals surface area contributed by atoms with Crippen molar-refractivity contribution in [2.75, 3.05) is 0 Å². The minimum atomic E-state index is -1.90. The van der Waals surface area contributed by atoms with E-state index in [1.165, 1.54) is 12.1 Å². The zero-order valence-corrected chi connectivity index (χ0v) is 10.6. The molecule has 0 saturated carbocycles. The van der Waals surface area contributed by atoms with Crippen LogP contribution in [0.4, 0.5) is 0 Å². The molecule has 2 nitrogen and oxygen atoms in total. The van der Waals surface area contributed by atoms with Gasteiger partial charge in [0.15, 0.2) is 11.1 Å². The first kappa shape index (κ1) is 12.3. The number of halogens is 1. The molecule has 1 aromatic carbocycles. The summed E-state index contributed by atoms with van der Waals surface area (Å²) in [5, 5.41) is 0.564. The summed E-state index contributed by atoms with van der Waals surface area (Å²) in [6, 6.07) is 6.17. The first-order chi connectivity index (χ1) is 4.70. The summed E-state index contributed by atoms with van der Waals surface area (Å²) >= 11 is 3.64. The standard InChI is InChI=1S/C6H5ClO2S.K/c7-5-1-3-6(4-2-5)10(8)9;/h1-4H,(H,8,9);/q;+1. The molecular formula is C6H5ClKO2S+. The van der Waals surface area contributed by atoms with Crippen LogP contribution in [0.1, 0.15) is 0 Å². The van der Waals surface area contributed by atoms with Crippen molar-refractivity contribution in [3.8, 4) is 0 Å². The van der Waals surface area contributed by atoms with Crippen molar-refractivity contribution < 1.29 is 60.1 Å². The Labute approximate surface area is 115 Å². The molecule has 0 bridgehead atoms. The second-order valence-corrected chi connectivity index (χ2v) is 3.11. The van der Waals surface area contributed by atoms with E-state index in [-0.39, 0.29) is 51.4 Å². The quantitative estimate of drug-likeness (QED) is 0.478. The van der Waals surface area contributed by atoms with Crippen LogP contribution in [0.3, 0.4) is 0 Å². The molecule has 0 fully saturated rings. The Morgan fingerprint density at radius 1 is 1.27 bits per heavy atom. The van der Waals surface area contributed by atoms with Crippen LogP contribution in [0.2, 0.25) is 5.02 Å². The molecule has 1 N–H and O–H groups in total. The van der Waals surface area contributed by atoms with Crippen molar-refractivity contribution in [3.05, 3.63) is 29.3 Å². The summed E-state index contributed by atoms with van der Waals surface area (Å²) in [6.07, 6.45) is 0. The van der Waals surface area contributed by atoms with E-state index in [0.29, 0.717) is 9.92 Å². The van der Waals surface area contributed by atoms with E-state index >= 15 is 0 Å². The monoisotopic (exact) mass is 215 g/mol. The molecule has 5 heteroatoms. The third kappa shape index (κ3) is 4.14. The molecule has 0 aliphatic heterocycles. The molecule has 0 saturated heterocycles. The van der Waals surface area contributed by atoms with Crippen LogP contribution in [0.5, 0.6) is 0 Å². The molecule has 1 rings (SSSR count). The predicted molar refractivity (Wildman–Crippen MR) is 40.5 cm³/mol. The summed E-state index contributed by atoms with van der Waals surface area (Å²) < 4.78 is 18.9. The van der Waals surface area contributed by atoms with E-state index in [0.717, 1.165) is 0 Å². The Hall–Kier alpha value is 1.26. The van der Waals surface area contributed by atoms with Gasteiger partial charge in [0.25, 0.3) is 0 Å². The second kappa shape index (κ2) is 5.83. The average molecular weight is 216 g/mol. The minimum absolute atomic E-state index is 0. The normalized spacial score (nSPS) is 11.8. The van der Waals surface area contributed by atoms with Gasteiger partial charge in [0, 0.05) is 5.02 Å². The van der Waals surface area contributed by atoms with Gasteiger partial charge in [-0.2, -0.15) is 0 Å². The van der Waals surface area contributed by atoms with Gasteiger partial charge < -0.3 is 4.55 Å². The van der Waals surface area contributed by atoms with Crippen LogP contribution >= 0.6 is 11.6 Å². The maximum atomic E-state index is 10.4. The van der Waals surface area contributed by atoms with E-state index < -0.39 is 11.1 Å². The third-order valence-corrected chi connectivity index (χ3v) is 1.94. The van der Waals surface area contributed by atoms with Gasteiger partial charge in [0.2, 0.25) is 0 Å². The summed E-state index contributed by atoms with van der Waals surface area (Å²) in [6.45, 7) is 0. The number of benzene rings is 1. The number of hydrogen-bond donors (Lipinski definition) is 1. The van der Waals surface area contributed by atoms with Crippen LogP contribution in [-0.4, -0.2) is 8.76 Å². The molecule has 1 atom stereocenters. The Morgan fingerprint density at radius 2 is 1.73 bits per heavy atom. The van der Waals surface area contributed by atoms with Gasteiger partial charge in [-0.15, -0.1) is 0 Å². The molecule has 0 spiro atoms. The maximum Gasteiger partial charge on any atom is 1.00 e. The van der Waals surface area contributed by atoms with Crippen molar-refractivity contribution in [1.29, 1.82) is 0 Å². The van der Waals surface area contributed by atoms with E-state index in [1.54, 1.807) is 12.1 Å². The fourth-order valence-corrected chi connectivity index (χ4v) is 1.05. The van der Waals surface area contributed by atoms with Gasteiger partial charge in [-0.3, -0.25) is 0 Å². The number of hydrogen-bond acceptors (Lipinski definition) is 1. The van der Waals surface area contributed by atoms with Crippen molar-refractivity contribution in [2.45, 2.75) is 4.90 Å². The van der Waals surface area contributed by atoms with E-state index in [1.807, 2.05) is 0 Å². The van der Waals surface area contributed by atoms with Crippen LogP contribution < -0.4 is 51.4 Å². The van der Waals surface area contributed by atoms with Gasteiger partial charge in [-0.05, 0) is 24.3 Å². The van der Waals surface area contributed by atoms with Crippen LogP contribution in [-0.2, 0) is 11.1 Å². The van der Waals surface area contributed by atoms with Crippen molar-refractivity contribution >= 4 is 22.7 Å². The molecule has 1 aromatic rings. The van der Waals surface area contributed by atoms with Crippen molar-refractivity contribution in [2.24, 2.45) is 0 Å². The molecule has 54 valence electrons. The Morgan fingerprint density at radius 3 is 2.09 bits per heavy atom. The Balaban J connectivity index is 0.000001000. The molecule has 1 unspecified atom stereocenters. The average Bonchev–Trinajstić information content (AvgIpc) is 1.88. The first-order valence-corrected chi connectivity index (χ1v) is 4.05. The molecule has 0 aliphatic carbocycles. The molecule has 0 aliphatic rings. The van der Waals surface area contributed by atoms with E-state index in [4.69, 9.17) is 16.2 Å². The molecule has 0 aromatic heterocycles. The zero-order chi connectivity index (χ0) is 7.56. The summed E-state index contributed by atoms with van der Waals surface area (Å²) in [7, 11) is 0. The van der Waals surface area contributed by atoms with Gasteiger partial charge >= 0.3 is 51.4 Å². The van der Waals surface area contributed by atoms with Gasteiger partial charge in [0.1, 0.15) is 0 Å². The SMILES string of the molecule is O=S(O)c1ccc(Cl)cc1.[K+]. The smallest absolute Gasteiger partial charge is 0.302 e. The Kier molecular flexibility index (Phi) is 6.49. The van der Waals surface area contributed by atoms with E-state index in [2.05, 4.69) is 0 Å². The van der Waals surface area contributed by atoms with Crippen LogP contribution in [0, 0.1) is 0 Å². The molecule has 0 amide bonds. The summed E-state index contributed by atoms with van der Waals surface area (Å²) in [5.74, 6) is 0. The largest absolute Gasteiger partial charge is 1.00 e. The van der Waals surface area contributed by atoms with Gasteiger partial charge in [-0.25, -0.2) is 4.21 Å². The molecule has 11 heavy (non-hydrogen) atoms. The first-order valence-electron chi connectivity index (χ1n) is 2.56. The van der Waals surface area contributed by atoms with E-state index in [9.17, 15) is 4.21 Å². The second-order valence-electron chi connectivity index (χ2n) is 1.70. The van der Waals surface area contributed by atoms with Gasteiger partial charge in [0.05, 0.1) is 4.90 Å². The van der Waals surface area contributed by atoms with Crippen LogP contribution in [0.25, 0.3) is 0 Å². The Bertz CT molecular complexity index is 249.